The monoisotopic (exact) mass is 448 g/mol. The number of rotatable bonds is 25. The van der Waals surface area contributed by atoms with Gasteiger partial charge in [0.25, 0.3) is 0 Å². The van der Waals surface area contributed by atoms with Crippen molar-refractivity contribution >= 4 is 5.97 Å². The fraction of sp³-hybridized carbons (Fsp3) is 0.833. The van der Waals surface area contributed by atoms with Crippen molar-refractivity contribution < 1.29 is 9.53 Å². The molecule has 0 N–H and O–H groups in total. The van der Waals surface area contributed by atoms with Crippen LogP contribution in [-0.4, -0.2) is 12.6 Å². The second-order valence-corrected chi connectivity index (χ2v) is 9.32. The van der Waals surface area contributed by atoms with Crippen molar-refractivity contribution in [2.75, 3.05) is 6.61 Å². The summed E-state index contributed by atoms with van der Waals surface area (Å²) in [6, 6.07) is 0. The first-order valence-corrected chi connectivity index (χ1v) is 14.3. The molecule has 0 aromatic rings. The summed E-state index contributed by atoms with van der Waals surface area (Å²) in [7, 11) is 0. The van der Waals surface area contributed by atoms with E-state index in [-0.39, 0.29) is 5.97 Å². The zero-order valence-electron chi connectivity index (χ0n) is 21.9. The number of hydrogen-bond donors (Lipinski definition) is 0. The largest absolute Gasteiger partial charge is 0.466 e. The Morgan fingerprint density at radius 3 is 1.31 bits per heavy atom. The van der Waals surface area contributed by atoms with Crippen LogP contribution in [-0.2, 0) is 9.53 Å². The van der Waals surface area contributed by atoms with Gasteiger partial charge in [-0.05, 0) is 51.4 Å². The van der Waals surface area contributed by atoms with E-state index in [0.29, 0.717) is 13.0 Å². The molecule has 0 atom stereocenters. The highest BCUT2D eigenvalue weighted by atomic mass is 16.5. The van der Waals surface area contributed by atoms with Crippen LogP contribution in [0.3, 0.4) is 0 Å². The second-order valence-electron chi connectivity index (χ2n) is 9.32. The number of carbonyl (C=O) groups is 1. The van der Waals surface area contributed by atoms with Crippen molar-refractivity contribution in [2.24, 2.45) is 0 Å². The van der Waals surface area contributed by atoms with Gasteiger partial charge in [-0.1, -0.05) is 122 Å². The van der Waals surface area contributed by atoms with E-state index in [4.69, 9.17) is 4.74 Å². The Morgan fingerprint density at radius 2 is 0.875 bits per heavy atom. The van der Waals surface area contributed by atoms with Gasteiger partial charge >= 0.3 is 5.97 Å². The Hall–Kier alpha value is -1.05. The van der Waals surface area contributed by atoms with Gasteiger partial charge in [0, 0.05) is 6.42 Å². The molecule has 0 aromatic carbocycles. The van der Waals surface area contributed by atoms with Crippen LogP contribution >= 0.6 is 0 Å². The molecule has 0 bridgehead atoms. The van der Waals surface area contributed by atoms with E-state index in [1.807, 2.05) is 0 Å². The summed E-state index contributed by atoms with van der Waals surface area (Å²) in [6.45, 7) is 5.01. The number of hydrogen-bond acceptors (Lipinski definition) is 2. The summed E-state index contributed by atoms with van der Waals surface area (Å²) in [5, 5.41) is 0. The van der Waals surface area contributed by atoms with Crippen LogP contribution in [0.2, 0.25) is 0 Å². The number of esters is 1. The van der Waals surface area contributed by atoms with Crippen LogP contribution in [0.4, 0.5) is 0 Å². The lowest BCUT2D eigenvalue weighted by Gasteiger charge is -2.05. The quantitative estimate of drug-likeness (QED) is 0.0788. The third kappa shape index (κ3) is 27.0. The Kier molecular flexibility index (Phi) is 27.1. The summed E-state index contributed by atoms with van der Waals surface area (Å²) < 4.78 is 5.39. The summed E-state index contributed by atoms with van der Waals surface area (Å²) >= 11 is 0. The van der Waals surface area contributed by atoms with Gasteiger partial charge in [0.1, 0.15) is 0 Å². The van der Waals surface area contributed by atoms with Crippen LogP contribution < -0.4 is 0 Å². The third-order valence-corrected chi connectivity index (χ3v) is 6.08. The fourth-order valence-electron chi connectivity index (χ4n) is 4.02. The van der Waals surface area contributed by atoms with Crippen LogP contribution in [0, 0.1) is 0 Å². The van der Waals surface area contributed by atoms with Gasteiger partial charge in [-0.2, -0.15) is 0 Å². The minimum absolute atomic E-state index is 0.0132. The maximum atomic E-state index is 11.8. The van der Waals surface area contributed by atoms with Crippen molar-refractivity contribution in [2.45, 2.75) is 155 Å². The first-order chi connectivity index (χ1) is 15.8. The minimum atomic E-state index is 0.0132. The predicted octanol–water partition coefficient (Wildman–Crippen LogP) is 10.3. The molecule has 2 heteroatoms. The van der Waals surface area contributed by atoms with E-state index in [0.717, 1.165) is 25.7 Å². The molecule has 0 aliphatic rings. The third-order valence-electron chi connectivity index (χ3n) is 6.08. The molecule has 0 saturated heterocycles. The molecular formula is C30H56O2. The highest BCUT2D eigenvalue weighted by Gasteiger charge is 2.02. The molecule has 0 unspecified atom stereocenters. The molecule has 0 amide bonds. The zero-order valence-corrected chi connectivity index (χ0v) is 21.9. The standard InChI is InChI=1S/C30H56O2/c1-3-5-7-9-11-13-15-17-18-20-22-24-26-28-30(31)32-29-27-25-23-21-19-16-14-12-10-8-6-4-2/h5-8H,3-4,9-29H2,1-2H3/b7-5-,8-6-. The lowest BCUT2D eigenvalue weighted by Crippen LogP contribution is -2.05. The summed E-state index contributed by atoms with van der Waals surface area (Å²) in [5.74, 6) is 0.0132. The van der Waals surface area contributed by atoms with Gasteiger partial charge in [-0.3, -0.25) is 4.79 Å². The van der Waals surface area contributed by atoms with Crippen LogP contribution in [0.25, 0.3) is 0 Å². The fourth-order valence-corrected chi connectivity index (χ4v) is 4.02. The molecule has 0 fully saturated rings. The Balaban J connectivity index is 3.18. The van der Waals surface area contributed by atoms with Crippen LogP contribution in [0.5, 0.6) is 0 Å². The highest BCUT2D eigenvalue weighted by molar-refractivity contribution is 5.69. The van der Waals surface area contributed by atoms with Crippen molar-refractivity contribution in [3.8, 4) is 0 Å². The normalized spacial score (nSPS) is 11.7. The van der Waals surface area contributed by atoms with E-state index in [1.54, 1.807) is 0 Å². The molecule has 0 aromatic heterocycles. The van der Waals surface area contributed by atoms with Crippen molar-refractivity contribution in [3.05, 3.63) is 24.3 Å². The van der Waals surface area contributed by atoms with Crippen LogP contribution in [0.15, 0.2) is 24.3 Å². The van der Waals surface area contributed by atoms with Gasteiger partial charge in [0.05, 0.1) is 6.61 Å². The molecule has 0 heterocycles. The highest BCUT2D eigenvalue weighted by Crippen LogP contribution is 2.13. The number of unbranched alkanes of at least 4 members (excludes halogenated alkanes) is 17. The van der Waals surface area contributed by atoms with E-state index in [1.165, 1.54) is 109 Å². The molecule has 0 saturated carbocycles. The molecule has 188 valence electrons. The average molecular weight is 449 g/mol. The first-order valence-electron chi connectivity index (χ1n) is 14.3. The molecule has 0 aliphatic heterocycles. The Bertz CT molecular complexity index is 387. The van der Waals surface area contributed by atoms with Crippen molar-refractivity contribution in [3.63, 3.8) is 0 Å². The van der Waals surface area contributed by atoms with Crippen LogP contribution in [0.1, 0.15) is 155 Å². The first kappa shape index (κ1) is 30.9. The van der Waals surface area contributed by atoms with E-state index < -0.39 is 0 Å². The lowest BCUT2D eigenvalue weighted by atomic mass is 10.1. The average Bonchev–Trinajstić information content (AvgIpc) is 2.80. The molecular weight excluding hydrogens is 392 g/mol. The maximum absolute atomic E-state index is 11.8. The summed E-state index contributed by atoms with van der Waals surface area (Å²) in [4.78, 5) is 11.8. The summed E-state index contributed by atoms with van der Waals surface area (Å²) in [5.41, 5.74) is 0. The zero-order chi connectivity index (χ0) is 23.4. The van der Waals surface area contributed by atoms with E-state index in [9.17, 15) is 4.79 Å². The maximum Gasteiger partial charge on any atom is 0.305 e. The Labute approximate surface area is 201 Å². The molecule has 0 aliphatic carbocycles. The number of allylic oxidation sites excluding steroid dienone is 4. The molecule has 0 spiro atoms. The van der Waals surface area contributed by atoms with Gasteiger partial charge in [0.15, 0.2) is 0 Å². The predicted molar refractivity (Wildman–Crippen MR) is 142 cm³/mol. The van der Waals surface area contributed by atoms with E-state index in [2.05, 4.69) is 38.2 Å². The lowest BCUT2D eigenvalue weighted by molar-refractivity contribution is -0.143. The van der Waals surface area contributed by atoms with Crippen molar-refractivity contribution in [1.29, 1.82) is 0 Å². The Morgan fingerprint density at radius 1 is 0.500 bits per heavy atom. The number of ether oxygens (including phenoxy) is 1. The second kappa shape index (κ2) is 28.0. The molecule has 32 heavy (non-hydrogen) atoms. The van der Waals surface area contributed by atoms with Gasteiger partial charge in [-0.15, -0.1) is 0 Å². The number of carbonyl (C=O) groups excluding carboxylic acids is 1. The van der Waals surface area contributed by atoms with Crippen molar-refractivity contribution in [1.82, 2.24) is 0 Å². The molecule has 2 nitrogen and oxygen atoms in total. The molecule has 0 radical (unpaired) electrons. The van der Waals surface area contributed by atoms with Gasteiger partial charge < -0.3 is 4.74 Å². The topological polar surface area (TPSA) is 26.3 Å². The summed E-state index contributed by atoms with van der Waals surface area (Å²) in [6.07, 6.45) is 36.4. The SMILES string of the molecule is CC/C=C\CCCCCCCCCCCC(=O)OCCCCCCCCCC/C=C\CC. The van der Waals surface area contributed by atoms with Gasteiger partial charge in [-0.25, -0.2) is 0 Å². The molecule has 0 rings (SSSR count). The smallest absolute Gasteiger partial charge is 0.305 e. The van der Waals surface area contributed by atoms with E-state index >= 15 is 0 Å². The van der Waals surface area contributed by atoms with Gasteiger partial charge in [0.2, 0.25) is 0 Å². The minimum Gasteiger partial charge on any atom is -0.466 e.